The van der Waals surface area contributed by atoms with E-state index in [4.69, 9.17) is 11.6 Å². The molecule has 0 spiro atoms. The van der Waals surface area contributed by atoms with Crippen LogP contribution in [0.15, 0.2) is 48.7 Å². The fourth-order valence-corrected chi connectivity index (χ4v) is 2.25. The molecule has 0 amide bonds. The number of aromatic nitrogens is 3. The predicted octanol–water partition coefficient (Wildman–Crippen LogP) is 4.46. The summed E-state index contributed by atoms with van der Waals surface area (Å²) in [6.07, 6.45) is 1.46. The molecule has 23 heavy (non-hydrogen) atoms. The Balaban J connectivity index is 1.79. The SMILES string of the molecule is Cc1cc(Cl)ccc1Nc1nncc(Nc2cccc(F)c2)n1. The van der Waals surface area contributed by atoms with Crippen LogP contribution in [0.4, 0.5) is 27.5 Å². The lowest BCUT2D eigenvalue weighted by atomic mass is 10.2. The van der Waals surface area contributed by atoms with Gasteiger partial charge in [0.15, 0.2) is 5.82 Å². The minimum Gasteiger partial charge on any atom is -0.339 e. The van der Waals surface area contributed by atoms with E-state index in [1.807, 2.05) is 19.1 Å². The van der Waals surface area contributed by atoms with Crippen molar-refractivity contribution in [3.05, 3.63) is 65.1 Å². The number of hydrogen-bond donors (Lipinski definition) is 2. The molecule has 1 heterocycles. The molecule has 0 unspecified atom stereocenters. The van der Waals surface area contributed by atoms with Gasteiger partial charge in [0, 0.05) is 16.4 Å². The molecule has 2 aromatic carbocycles. The van der Waals surface area contributed by atoms with Crippen LogP contribution in [0.5, 0.6) is 0 Å². The minimum atomic E-state index is -0.327. The van der Waals surface area contributed by atoms with Gasteiger partial charge < -0.3 is 10.6 Å². The van der Waals surface area contributed by atoms with Crippen LogP contribution in [-0.2, 0) is 0 Å². The zero-order valence-corrected chi connectivity index (χ0v) is 13.0. The average molecular weight is 330 g/mol. The molecule has 7 heteroatoms. The lowest BCUT2D eigenvalue weighted by molar-refractivity contribution is 0.628. The Kier molecular flexibility index (Phi) is 4.34. The number of nitrogens with one attached hydrogen (secondary N) is 2. The molecule has 0 fully saturated rings. The highest BCUT2D eigenvalue weighted by Gasteiger charge is 2.05. The lowest BCUT2D eigenvalue weighted by Gasteiger charge is -2.09. The van der Waals surface area contributed by atoms with Crippen molar-refractivity contribution in [1.29, 1.82) is 0 Å². The number of anilines is 4. The Morgan fingerprint density at radius 3 is 2.74 bits per heavy atom. The maximum Gasteiger partial charge on any atom is 0.249 e. The van der Waals surface area contributed by atoms with Gasteiger partial charge in [-0.15, -0.1) is 5.10 Å². The van der Waals surface area contributed by atoms with Gasteiger partial charge in [-0.25, -0.2) is 4.39 Å². The van der Waals surface area contributed by atoms with E-state index < -0.39 is 0 Å². The third-order valence-corrected chi connectivity index (χ3v) is 3.33. The van der Waals surface area contributed by atoms with Crippen molar-refractivity contribution in [3.8, 4) is 0 Å². The summed E-state index contributed by atoms with van der Waals surface area (Å²) in [4.78, 5) is 4.31. The Morgan fingerprint density at radius 2 is 1.96 bits per heavy atom. The van der Waals surface area contributed by atoms with Crippen LogP contribution in [0.3, 0.4) is 0 Å². The molecular weight excluding hydrogens is 317 g/mol. The first-order valence-electron chi connectivity index (χ1n) is 6.86. The average Bonchev–Trinajstić information content (AvgIpc) is 2.51. The molecule has 0 saturated carbocycles. The van der Waals surface area contributed by atoms with Crippen molar-refractivity contribution in [2.75, 3.05) is 10.6 Å². The van der Waals surface area contributed by atoms with Crippen molar-refractivity contribution >= 4 is 34.7 Å². The van der Waals surface area contributed by atoms with Crippen molar-refractivity contribution in [3.63, 3.8) is 0 Å². The molecule has 0 aliphatic carbocycles. The normalized spacial score (nSPS) is 10.4. The quantitative estimate of drug-likeness (QED) is 0.740. The Labute approximate surface area is 137 Å². The first kappa shape index (κ1) is 15.2. The largest absolute Gasteiger partial charge is 0.339 e. The van der Waals surface area contributed by atoms with Gasteiger partial charge in [0.25, 0.3) is 0 Å². The van der Waals surface area contributed by atoms with Gasteiger partial charge in [0.1, 0.15) is 5.82 Å². The summed E-state index contributed by atoms with van der Waals surface area (Å²) in [7, 11) is 0. The predicted molar refractivity (Wildman–Crippen MR) is 89.0 cm³/mol. The molecular formula is C16H13ClFN5. The van der Waals surface area contributed by atoms with Crippen LogP contribution in [-0.4, -0.2) is 15.2 Å². The number of hydrogen-bond acceptors (Lipinski definition) is 5. The fraction of sp³-hybridized carbons (Fsp3) is 0.0625. The molecule has 3 aromatic rings. The first-order chi connectivity index (χ1) is 11.1. The summed E-state index contributed by atoms with van der Waals surface area (Å²) in [5.74, 6) is 0.462. The van der Waals surface area contributed by atoms with Crippen LogP contribution < -0.4 is 10.6 Å². The molecule has 2 N–H and O–H groups in total. The van der Waals surface area contributed by atoms with Gasteiger partial charge in [-0.2, -0.15) is 10.1 Å². The summed E-state index contributed by atoms with van der Waals surface area (Å²) >= 11 is 5.94. The summed E-state index contributed by atoms with van der Waals surface area (Å²) in [5.41, 5.74) is 2.38. The molecule has 0 atom stereocenters. The number of aryl methyl sites for hydroxylation is 1. The van der Waals surface area contributed by atoms with Gasteiger partial charge in [-0.05, 0) is 48.9 Å². The minimum absolute atomic E-state index is 0.327. The van der Waals surface area contributed by atoms with Crippen LogP contribution >= 0.6 is 11.6 Å². The number of benzene rings is 2. The smallest absolute Gasteiger partial charge is 0.249 e. The molecule has 0 saturated heterocycles. The molecule has 116 valence electrons. The van der Waals surface area contributed by atoms with E-state index in [0.717, 1.165) is 11.3 Å². The number of nitrogens with zero attached hydrogens (tertiary/aromatic N) is 3. The second-order valence-corrected chi connectivity index (χ2v) is 5.32. The van der Waals surface area contributed by atoms with Crippen LogP contribution in [0.2, 0.25) is 5.02 Å². The van der Waals surface area contributed by atoms with Gasteiger partial charge in [-0.1, -0.05) is 17.7 Å². The highest BCUT2D eigenvalue weighted by atomic mass is 35.5. The van der Waals surface area contributed by atoms with Crippen LogP contribution in [0.25, 0.3) is 0 Å². The molecule has 0 bridgehead atoms. The molecule has 3 rings (SSSR count). The Bertz CT molecular complexity index is 840. The number of halogens is 2. The van der Waals surface area contributed by atoms with E-state index in [1.165, 1.54) is 18.3 Å². The summed E-state index contributed by atoms with van der Waals surface area (Å²) < 4.78 is 13.2. The summed E-state index contributed by atoms with van der Waals surface area (Å²) in [6, 6.07) is 11.6. The second-order valence-electron chi connectivity index (χ2n) is 4.88. The Morgan fingerprint density at radius 1 is 1.09 bits per heavy atom. The van der Waals surface area contributed by atoms with E-state index in [9.17, 15) is 4.39 Å². The van der Waals surface area contributed by atoms with Crippen LogP contribution in [0.1, 0.15) is 5.56 Å². The molecule has 0 aliphatic rings. The van der Waals surface area contributed by atoms with Gasteiger partial charge in [0.05, 0.1) is 6.20 Å². The zero-order chi connectivity index (χ0) is 16.2. The topological polar surface area (TPSA) is 62.7 Å². The molecule has 0 radical (unpaired) electrons. The van der Waals surface area contributed by atoms with E-state index in [-0.39, 0.29) is 5.82 Å². The standard InChI is InChI=1S/C16H13ClFN5/c1-10-7-11(17)5-6-14(10)21-16-22-15(9-19-23-16)20-13-4-2-3-12(18)8-13/h2-9H,1H3,(H2,20,21,22,23). The zero-order valence-electron chi connectivity index (χ0n) is 12.2. The summed E-state index contributed by atoms with van der Waals surface area (Å²) in [5, 5.41) is 14.5. The van der Waals surface area contributed by atoms with E-state index >= 15 is 0 Å². The fourth-order valence-electron chi connectivity index (χ4n) is 2.02. The maximum absolute atomic E-state index is 13.2. The highest BCUT2D eigenvalue weighted by Crippen LogP contribution is 2.22. The third-order valence-electron chi connectivity index (χ3n) is 3.09. The molecule has 0 aliphatic heterocycles. The highest BCUT2D eigenvalue weighted by molar-refractivity contribution is 6.30. The van der Waals surface area contributed by atoms with Crippen molar-refractivity contribution < 1.29 is 4.39 Å². The number of rotatable bonds is 4. The van der Waals surface area contributed by atoms with E-state index in [1.54, 1.807) is 18.2 Å². The van der Waals surface area contributed by atoms with E-state index in [0.29, 0.717) is 22.5 Å². The van der Waals surface area contributed by atoms with Crippen molar-refractivity contribution in [2.24, 2.45) is 0 Å². The van der Waals surface area contributed by atoms with Crippen molar-refractivity contribution in [2.45, 2.75) is 6.92 Å². The third kappa shape index (κ3) is 3.92. The Hall–Kier alpha value is -2.73. The van der Waals surface area contributed by atoms with Crippen LogP contribution in [0, 0.1) is 12.7 Å². The van der Waals surface area contributed by atoms with Crippen molar-refractivity contribution in [1.82, 2.24) is 15.2 Å². The van der Waals surface area contributed by atoms with Gasteiger partial charge in [0.2, 0.25) is 5.95 Å². The molecule has 1 aromatic heterocycles. The summed E-state index contributed by atoms with van der Waals surface area (Å²) in [6.45, 7) is 1.93. The monoisotopic (exact) mass is 329 g/mol. The van der Waals surface area contributed by atoms with Gasteiger partial charge >= 0.3 is 0 Å². The first-order valence-corrected chi connectivity index (χ1v) is 7.23. The van der Waals surface area contributed by atoms with E-state index in [2.05, 4.69) is 25.8 Å². The second kappa shape index (κ2) is 6.58. The maximum atomic E-state index is 13.2. The lowest BCUT2D eigenvalue weighted by Crippen LogP contribution is -2.03. The molecule has 5 nitrogen and oxygen atoms in total. The van der Waals surface area contributed by atoms with Gasteiger partial charge in [-0.3, -0.25) is 0 Å².